The van der Waals surface area contributed by atoms with Gasteiger partial charge < -0.3 is 25.2 Å². The Kier molecular flexibility index (Phi) is 3.97. The van der Waals surface area contributed by atoms with Crippen LogP contribution in [0.15, 0.2) is 6.33 Å². The first kappa shape index (κ1) is 15.1. The second-order valence-electron chi connectivity index (χ2n) is 5.22. The number of aliphatic hydroxyl groups excluding tert-OH is 2. The molecule has 4 N–H and O–H groups in total. The SMILES string of the molecule is CP(C)(=O)C[C@H]1O[C@@H](n2cnc(C(N)=O)n2)[C@H](O)[C@@H]1O. The number of aliphatic hydroxyl groups is 2. The molecule has 112 valence electrons. The minimum absolute atomic E-state index is 0.138. The molecule has 0 saturated carbocycles. The summed E-state index contributed by atoms with van der Waals surface area (Å²) in [5.74, 6) is -1.02. The highest BCUT2D eigenvalue weighted by Crippen LogP contribution is 2.41. The minimum atomic E-state index is -2.42. The van der Waals surface area contributed by atoms with Crippen LogP contribution >= 0.6 is 7.14 Å². The van der Waals surface area contributed by atoms with Gasteiger partial charge in [0.15, 0.2) is 6.23 Å². The number of hydrogen-bond acceptors (Lipinski definition) is 7. The maximum Gasteiger partial charge on any atom is 0.288 e. The molecule has 1 amide bonds. The molecule has 1 fully saturated rings. The second kappa shape index (κ2) is 5.25. The van der Waals surface area contributed by atoms with E-state index in [0.717, 1.165) is 4.68 Å². The minimum Gasteiger partial charge on any atom is -0.387 e. The monoisotopic (exact) mass is 304 g/mol. The van der Waals surface area contributed by atoms with Crippen molar-refractivity contribution in [1.29, 1.82) is 0 Å². The van der Waals surface area contributed by atoms with Gasteiger partial charge in [0, 0.05) is 6.16 Å². The number of rotatable bonds is 4. The molecule has 0 unspecified atom stereocenters. The molecule has 1 aromatic heterocycles. The number of hydrogen-bond donors (Lipinski definition) is 3. The van der Waals surface area contributed by atoms with Crippen LogP contribution in [0.3, 0.4) is 0 Å². The van der Waals surface area contributed by atoms with E-state index in [0.29, 0.717) is 0 Å². The van der Waals surface area contributed by atoms with E-state index in [-0.39, 0.29) is 12.0 Å². The van der Waals surface area contributed by atoms with E-state index in [9.17, 15) is 19.6 Å². The predicted octanol–water partition coefficient (Wildman–Crippen LogP) is -1.38. The Labute approximate surface area is 115 Å². The van der Waals surface area contributed by atoms with Crippen LogP contribution in [-0.2, 0) is 9.30 Å². The topological polar surface area (TPSA) is 141 Å². The molecule has 1 aliphatic heterocycles. The third-order valence-corrected chi connectivity index (χ3v) is 4.19. The Morgan fingerprint density at radius 1 is 1.50 bits per heavy atom. The lowest BCUT2D eigenvalue weighted by Crippen LogP contribution is -2.33. The van der Waals surface area contributed by atoms with Gasteiger partial charge in [0.25, 0.3) is 5.91 Å². The zero-order valence-corrected chi connectivity index (χ0v) is 12.0. The van der Waals surface area contributed by atoms with Gasteiger partial charge in [-0.1, -0.05) is 0 Å². The van der Waals surface area contributed by atoms with Crippen LogP contribution in [0.4, 0.5) is 0 Å². The van der Waals surface area contributed by atoms with E-state index in [4.69, 9.17) is 10.5 Å². The second-order valence-corrected chi connectivity index (χ2v) is 8.73. The molecule has 9 nitrogen and oxygen atoms in total. The van der Waals surface area contributed by atoms with E-state index in [2.05, 4.69) is 10.1 Å². The molecule has 2 heterocycles. The lowest BCUT2D eigenvalue weighted by atomic mass is 10.1. The number of ether oxygens (including phenoxy) is 1. The van der Waals surface area contributed by atoms with E-state index in [1.54, 1.807) is 13.3 Å². The number of carbonyl (C=O) groups excluding carboxylic acids is 1. The Balaban J connectivity index is 2.17. The van der Waals surface area contributed by atoms with E-state index in [1.807, 2.05) is 0 Å². The average molecular weight is 304 g/mol. The average Bonchev–Trinajstić information content (AvgIpc) is 2.88. The van der Waals surface area contributed by atoms with Crippen LogP contribution in [0.5, 0.6) is 0 Å². The maximum atomic E-state index is 11.8. The Bertz CT molecular complexity index is 556. The van der Waals surface area contributed by atoms with Crippen molar-refractivity contribution >= 4 is 13.0 Å². The lowest BCUT2D eigenvalue weighted by molar-refractivity contribution is -0.0393. The Morgan fingerprint density at radius 3 is 2.65 bits per heavy atom. The van der Waals surface area contributed by atoms with Crippen LogP contribution in [0, 0.1) is 0 Å². The maximum absolute atomic E-state index is 11.8. The molecular formula is C10H17N4O5P. The van der Waals surface area contributed by atoms with Crippen molar-refractivity contribution in [3.63, 3.8) is 0 Å². The third kappa shape index (κ3) is 3.06. The van der Waals surface area contributed by atoms with Crippen LogP contribution < -0.4 is 5.73 Å². The number of aromatic nitrogens is 3. The summed E-state index contributed by atoms with van der Waals surface area (Å²) in [5.41, 5.74) is 5.03. The summed E-state index contributed by atoms with van der Waals surface area (Å²) in [6.45, 7) is 3.15. The molecule has 1 aliphatic rings. The lowest BCUT2D eigenvalue weighted by Gasteiger charge is -2.16. The molecule has 1 aromatic rings. The standard InChI is InChI=1S/C10H17N4O5P/c1-20(2,18)3-5-6(15)7(16)10(19-5)14-4-12-9(13-14)8(11)17/h4-7,10,15-16H,3H2,1-2H3,(H2,11,17)/t5-,6-,7-,10-/m1/s1. The summed E-state index contributed by atoms with van der Waals surface area (Å²) in [6.07, 6.45) is -2.89. The van der Waals surface area contributed by atoms with Gasteiger partial charge in [-0.3, -0.25) is 4.79 Å². The van der Waals surface area contributed by atoms with Gasteiger partial charge in [0.2, 0.25) is 5.82 Å². The van der Waals surface area contributed by atoms with Crippen molar-refractivity contribution in [3.05, 3.63) is 12.2 Å². The van der Waals surface area contributed by atoms with E-state index in [1.165, 1.54) is 6.33 Å². The zero-order valence-electron chi connectivity index (χ0n) is 11.1. The zero-order chi connectivity index (χ0) is 15.1. The summed E-state index contributed by atoms with van der Waals surface area (Å²) in [4.78, 5) is 14.6. The fraction of sp³-hybridized carbons (Fsp3) is 0.700. The highest BCUT2D eigenvalue weighted by atomic mass is 31.2. The van der Waals surface area contributed by atoms with E-state index >= 15 is 0 Å². The molecule has 2 rings (SSSR count). The van der Waals surface area contributed by atoms with Crippen LogP contribution in [0.2, 0.25) is 0 Å². The van der Waals surface area contributed by atoms with E-state index < -0.39 is 37.6 Å². The fourth-order valence-corrected chi connectivity index (χ4v) is 3.21. The Hall–Kier alpha value is -1.28. The number of nitrogens with zero attached hydrogens (tertiary/aromatic N) is 3. The smallest absolute Gasteiger partial charge is 0.288 e. The molecule has 0 aromatic carbocycles. The quantitative estimate of drug-likeness (QED) is 0.582. The van der Waals surface area contributed by atoms with Gasteiger partial charge in [-0.25, -0.2) is 9.67 Å². The van der Waals surface area contributed by atoms with Crippen LogP contribution in [-0.4, -0.2) is 68.7 Å². The molecule has 4 atom stereocenters. The van der Waals surface area contributed by atoms with Crippen molar-refractivity contribution in [2.45, 2.75) is 24.5 Å². The van der Waals surface area contributed by atoms with Crippen molar-refractivity contribution < 1.29 is 24.3 Å². The van der Waals surface area contributed by atoms with Gasteiger partial charge in [0.05, 0.1) is 13.2 Å². The Morgan fingerprint density at radius 2 is 2.15 bits per heavy atom. The molecule has 0 radical (unpaired) electrons. The summed E-state index contributed by atoms with van der Waals surface area (Å²) >= 11 is 0. The summed E-state index contributed by atoms with van der Waals surface area (Å²) in [6, 6.07) is 0. The van der Waals surface area contributed by atoms with Crippen molar-refractivity contribution in [2.75, 3.05) is 19.5 Å². The first-order valence-electron chi connectivity index (χ1n) is 5.95. The van der Waals surface area contributed by atoms with Gasteiger partial charge in [-0.15, -0.1) is 5.10 Å². The number of nitrogens with two attached hydrogens (primary N) is 1. The molecular weight excluding hydrogens is 287 g/mol. The largest absolute Gasteiger partial charge is 0.387 e. The summed E-state index contributed by atoms with van der Waals surface area (Å²) in [5, 5.41) is 23.6. The number of carbonyl (C=O) groups is 1. The van der Waals surface area contributed by atoms with Gasteiger partial charge in [-0.2, -0.15) is 0 Å². The van der Waals surface area contributed by atoms with Crippen molar-refractivity contribution in [1.82, 2.24) is 14.8 Å². The molecule has 0 bridgehead atoms. The van der Waals surface area contributed by atoms with Gasteiger partial charge >= 0.3 is 0 Å². The molecule has 0 spiro atoms. The first-order valence-corrected chi connectivity index (χ1v) is 8.74. The fourth-order valence-electron chi connectivity index (χ4n) is 2.04. The van der Waals surface area contributed by atoms with Gasteiger partial charge in [0.1, 0.15) is 18.5 Å². The molecule has 20 heavy (non-hydrogen) atoms. The third-order valence-electron chi connectivity index (χ3n) is 2.95. The summed E-state index contributed by atoms with van der Waals surface area (Å²) in [7, 11) is -2.42. The highest BCUT2D eigenvalue weighted by Gasteiger charge is 2.45. The van der Waals surface area contributed by atoms with Crippen molar-refractivity contribution in [3.8, 4) is 0 Å². The highest BCUT2D eigenvalue weighted by molar-refractivity contribution is 7.62. The van der Waals surface area contributed by atoms with Crippen LogP contribution in [0.25, 0.3) is 0 Å². The number of primary amides is 1. The molecule has 1 saturated heterocycles. The summed E-state index contributed by atoms with van der Waals surface area (Å²) < 4.78 is 18.4. The predicted molar refractivity (Wildman–Crippen MR) is 68.8 cm³/mol. The van der Waals surface area contributed by atoms with Crippen molar-refractivity contribution in [2.24, 2.45) is 5.73 Å². The van der Waals surface area contributed by atoms with Gasteiger partial charge in [-0.05, 0) is 13.3 Å². The first-order chi connectivity index (χ1) is 9.19. The molecule has 0 aliphatic carbocycles. The molecule has 10 heteroatoms. The normalized spacial score (nSPS) is 30.6. The number of amides is 1. The van der Waals surface area contributed by atoms with Crippen LogP contribution in [0.1, 0.15) is 16.8 Å².